The van der Waals surface area contributed by atoms with Crippen molar-refractivity contribution in [2.75, 3.05) is 13.1 Å². The molecular formula is C11H19N5O3. The minimum absolute atomic E-state index is 0.177. The largest absolute Gasteiger partial charge is 0.481 e. The van der Waals surface area contributed by atoms with Crippen LogP contribution in [-0.4, -0.2) is 49.9 Å². The average molecular weight is 269 g/mol. The second-order valence-electron chi connectivity index (χ2n) is 4.29. The number of carbonyl (C=O) groups is 2. The Labute approximate surface area is 111 Å². The fourth-order valence-electron chi connectivity index (χ4n) is 1.50. The van der Waals surface area contributed by atoms with Crippen molar-refractivity contribution >= 4 is 12.0 Å². The average Bonchev–Trinajstić information content (AvgIpc) is 2.78. The van der Waals surface area contributed by atoms with Crippen LogP contribution in [0.25, 0.3) is 0 Å². The fourth-order valence-corrected chi connectivity index (χ4v) is 1.50. The molecule has 0 saturated heterocycles. The van der Waals surface area contributed by atoms with E-state index in [9.17, 15) is 9.59 Å². The van der Waals surface area contributed by atoms with Crippen LogP contribution in [0.4, 0.5) is 4.79 Å². The quantitative estimate of drug-likeness (QED) is 0.761. The summed E-state index contributed by atoms with van der Waals surface area (Å²) in [6, 6.07) is -0.307. The van der Waals surface area contributed by atoms with Gasteiger partial charge >= 0.3 is 12.0 Å². The van der Waals surface area contributed by atoms with Crippen molar-refractivity contribution in [2.24, 2.45) is 13.0 Å². The molecule has 0 aliphatic rings. The monoisotopic (exact) mass is 269 g/mol. The lowest BCUT2D eigenvalue weighted by Crippen LogP contribution is -2.43. The normalized spacial score (nSPS) is 11.9. The van der Waals surface area contributed by atoms with Gasteiger partial charge in [0.25, 0.3) is 0 Å². The van der Waals surface area contributed by atoms with Crippen LogP contribution in [-0.2, 0) is 18.4 Å². The first kappa shape index (κ1) is 14.9. The van der Waals surface area contributed by atoms with Gasteiger partial charge in [0.2, 0.25) is 0 Å². The molecule has 8 nitrogen and oxygen atoms in total. The summed E-state index contributed by atoms with van der Waals surface area (Å²) in [6.07, 6.45) is 1.55. The molecule has 1 unspecified atom stereocenters. The van der Waals surface area contributed by atoms with Crippen molar-refractivity contribution in [3.8, 4) is 0 Å². The van der Waals surface area contributed by atoms with Crippen molar-refractivity contribution in [1.82, 2.24) is 25.0 Å². The molecule has 1 atom stereocenters. The van der Waals surface area contributed by atoms with E-state index in [2.05, 4.69) is 15.5 Å². The van der Waals surface area contributed by atoms with Gasteiger partial charge in [-0.05, 0) is 6.92 Å². The Balaban J connectivity index is 2.50. The van der Waals surface area contributed by atoms with Gasteiger partial charge in [0.1, 0.15) is 6.33 Å². The molecule has 0 radical (unpaired) electrons. The van der Waals surface area contributed by atoms with Gasteiger partial charge in [0, 0.05) is 20.1 Å². The molecule has 106 valence electrons. The van der Waals surface area contributed by atoms with E-state index in [0.717, 1.165) is 0 Å². The third-order valence-corrected chi connectivity index (χ3v) is 2.79. The zero-order valence-electron chi connectivity index (χ0n) is 11.3. The van der Waals surface area contributed by atoms with E-state index in [1.807, 2.05) is 0 Å². The van der Waals surface area contributed by atoms with Gasteiger partial charge in [-0.3, -0.25) is 4.79 Å². The molecule has 1 heterocycles. The third-order valence-electron chi connectivity index (χ3n) is 2.79. The molecule has 2 amide bonds. The Morgan fingerprint density at radius 3 is 2.74 bits per heavy atom. The van der Waals surface area contributed by atoms with Crippen molar-refractivity contribution < 1.29 is 14.7 Å². The highest BCUT2D eigenvalue weighted by Gasteiger charge is 2.19. The lowest BCUT2D eigenvalue weighted by molar-refractivity contribution is -0.141. The van der Waals surface area contributed by atoms with Crippen molar-refractivity contribution in [1.29, 1.82) is 0 Å². The van der Waals surface area contributed by atoms with Crippen LogP contribution in [0.3, 0.4) is 0 Å². The van der Waals surface area contributed by atoms with E-state index >= 15 is 0 Å². The molecule has 0 saturated carbocycles. The van der Waals surface area contributed by atoms with Crippen LogP contribution >= 0.6 is 0 Å². The summed E-state index contributed by atoms with van der Waals surface area (Å²) in [5.74, 6) is -0.879. The number of aliphatic carboxylic acids is 1. The number of nitrogens with one attached hydrogen (secondary N) is 1. The number of aromatic nitrogens is 3. The number of amides is 2. The van der Waals surface area contributed by atoms with Gasteiger partial charge in [-0.2, -0.15) is 0 Å². The summed E-state index contributed by atoms with van der Waals surface area (Å²) < 4.78 is 1.70. The maximum atomic E-state index is 11.9. The second kappa shape index (κ2) is 6.72. The van der Waals surface area contributed by atoms with Gasteiger partial charge < -0.3 is 19.9 Å². The lowest BCUT2D eigenvalue weighted by Gasteiger charge is -2.23. The van der Waals surface area contributed by atoms with Crippen molar-refractivity contribution in [2.45, 2.75) is 20.4 Å². The Morgan fingerprint density at radius 2 is 2.26 bits per heavy atom. The van der Waals surface area contributed by atoms with Crippen LogP contribution in [0.1, 0.15) is 19.7 Å². The molecule has 19 heavy (non-hydrogen) atoms. The van der Waals surface area contributed by atoms with Gasteiger partial charge in [0.05, 0.1) is 12.5 Å². The number of hydrogen-bond donors (Lipinski definition) is 2. The summed E-state index contributed by atoms with van der Waals surface area (Å²) in [7, 11) is 1.78. The topological polar surface area (TPSA) is 100 Å². The van der Waals surface area contributed by atoms with Gasteiger partial charge in [-0.15, -0.1) is 10.2 Å². The highest BCUT2D eigenvalue weighted by atomic mass is 16.4. The Hall–Kier alpha value is -2.12. The first-order valence-electron chi connectivity index (χ1n) is 6.04. The first-order chi connectivity index (χ1) is 8.95. The van der Waals surface area contributed by atoms with Crippen LogP contribution in [0.15, 0.2) is 6.33 Å². The smallest absolute Gasteiger partial charge is 0.317 e. The summed E-state index contributed by atoms with van der Waals surface area (Å²) in [6.45, 7) is 4.25. The van der Waals surface area contributed by atoms with E-state index in [1.165, 1.54) is 4.90 Å². The zero-order valence-corrected chi connectivity index (χ0v) is 11.3. The number of hydrogen-bond acceptors (Lipinski definition) is 4. The molecular weight excluding hydrogens is 250 g/mol. The van der Waals surface area contributed by atoms with Crippen molar-refractivity contribution in [3.63, 3.8) is 0 Å². The molecule has 2 N–H and O–H groups in total. The molecule has 0 spiro atoms. The summed E-state index contributed by atoms with van der Waals surface area (Å²) in [4.78, 5) is 24.1. The van der Waals surface area contributed by atoms with Crippen LogP contribution in [0, 0.1) is 5.92 Å². The molecule has 0 bridgehead atoms. The summed E-state index contributed by atoms with van der Waals surface area (Å²) in [5.41, 5.74) is 0. The molecule has 0 aliphatic carbocycles. The standard InChI is InChI=1S/C11H19N5O3/c1-4-16(6-8(2)10(17)18)11(19)12-5-9-14-13-7-15(9)3/h7-8H,4-6H2,1-3H3,(H,12,19)(H,17,18). The van der Waals surface area contributed by atoms with Crippen LogP contribution in [0.2, 0.25) is 0 Å². The molecule has 1 aromatic heterocycles. The molecule has 1 rings (SSSR count). The third kappa shape index (κ3) is 4.23. The Bertz CT molecular complexity index is 445. The van der Waals surface area contributed by atoms with E-state index < -0.39 is 11.9 Å². The lowest BCUT2D eigenvalue weighted by atomic mass is 10.2. The zero-order chi connectivity index (χ0) is 14.4. The van der Waals surface area contributed by atoms with Gasteiger partial charge in [-0.1, -0.05) is 6.92 Å². The fraction of sp³-hybridized carbons (Fsp3) is 0.636. The molecule has 0 fully saturated rings. The van der Waals surface area contributed by atoms with Crippen molar-refractivity contribution in [3.05, 3.63) is 12.2 Å². The maximum Gasteiger partial charge on any atom is 0.317 e. The number of urea groups is 1. The minimum Gasteiger partial charge on any atom is -0.481 e. The number of carboxylic acid groups (broad SMARTS) is 1. The molecule has 0 aliphatic heterocycles. The molecule has 1 aromatic rings. The highest BCUT2D eigenvalue weighted by molar-refractivity contribution is 5.75. The van der Waals surface area contributed by atoms with E-state index in [-0.39, 0.29) is 19.1 Å². The first-order valence-corrected chi connectivity index (χ1v) is 6.04. The summed E-state index contributed by atoms with van der Waals surface area (Å²) >= 11 is 0. The molecule has 8 heteroatoms. The predicted molar refractivity (Wildman–Crippen MR) is 67.3 cm³/mol. The SMILES string of the molecule is CCN(CC(C)C(=O)O)C(=O)NCc1nncn1C. The summed E-state index contributed by atoms with van der Waals surface area (Å²) in [5, 5.41) is 19.1. The van der Waals surface area contributed by atoms with Gasteiger partial charge in [-0.25, -0.2) is 4.79 Å². The Kier molecular flexibility index (Phi) is 5.28. The second-order valence-corrected chi connectivity index (χ2v) is 4.29. The molecule has 0 aromatic carbocycles. The number of nitrogens with zero attached hydrogens (tertiary/aromatic N) is 4. The number of carboxylic acids is 1. The number of rotatable bonds is 6. The Morgan fingerprint density at radius 1 is 1.58 bits per heavy atom. The maximum absolute atomic E-state index is 11.9. The van der Waals surface area contributed by atoms with E-state index in [4.69, 9.17) is 5.11 Å². The van der Waals surface area contributed by atoms with E-state index in [1.54, 1.807) is 31.8 Å². The van der Waals surface area contributed by atoms with E-state index in [0.29, 0.717) is 12.4 Å². The minimum atomic E-state index is -0.917. The van der Waals surface area contributed by atoms with Crippen LogP contribution < -0.4 is 5.32 Å². The van der Waals surface area contributed by atoms with Gasteiger partial charge in [0.15, 0.2) is 5.82 Å². The highest BCUT2D eigenvalue weighted by Crippen LogP contribution is 2.01. The van der Waals surface area contributed by atoms with Crippen LogP contribution in [0.5, 0.6) is 0 Å². The predicted octanol–water partition coefficient (Wildman–Crippen LogP) is 0.0673. The number of carbonyl (C=O) groups excluding carboxylic acids is 1. The number of aryl methyl sites for hydroxylation is 1.